The number of carbonyl (C=O) groups excluding carboxylic acids is 3. The van der Waals surface area contributed by atoms with Gasteiger partial charge in [0.25, 0.3) is 17.9 Å². The smallest absolute Gasteiger partial charge is 0.415 e. The lowest BCUT2D eigenvalue weighted by molar-refractivity contribution is -0.136. The molecular weight excluding hydrogens is 280 g/mol. The van der Waals surface area contributed by atoms with Gasteiger partial charge in [0.1, 0.15) is 11.5 Å². The van der Waals surface area contributed by atoms with Gasteiger partial charge in [-0.2, -0.15) is 0 Å². The van der Waals surface area contributed by atoms with Crippen molar-refractivity contribution in [2.75, 3.05) is 14.2 Å². The van der Waals surface area contributed by atoms with E-state index in [1.807, 2.05) is 5.32 Å². The lowest BCUT2D eigenvalue weighted by atomic mass is 10.2. The van der Waals surface area contributed by atoms with Crippen LogP contribution < -0.4 is 20.1 Å². The van der Waals surface area contributed by atoms with Crippen molar-refractivity contribution in [1.82, 2.24) is 10.6 Å². The number of ether oxygens (including phenoxy) is 3. The Kier molecular flexibility index (Phi) is 4.27. The molecule has 1 fully saturated rings. The number of alkyl carbamates (subject to hydrolysis) is 1. The zero-order chi connectivity index (χ0) is 15.4. The van der Waals surface area contributed by atoms with E-state index in [9.17, 15) is 14.4 Å². The largest absolute Gasteiger partial charge is 0.497 e. The van der Waals surface area contributed by atoms with Crippen molar-refractivity contribution in [1.29, 1.82) is 0 Å². The highest BCUT2D eigenvalue weighted by molar-refractivity contribution is 6.12. The summed E-state index contributed by atoms with van der Waals surface area (Å²) in [4.78, 5) is 33.9. The van der Waals surface area contributed by atoms with E-state index in [-0.39, 0.29) is 6.54 Å². The fourth-order valence-electron chi connectivity index (χ4n) is 1.78. The van der Waals surface area contributed by atoms with Crippen molar-refractivity contribution in [2.24, 2.45) is 0 Å². The zero-order valence-corrected chi connectivity index (χ0v) is 11.5. The molecule has 3 amide bonds. The highest BCUT2D eigenvalue weighted by Crippen LogP contribution is 2.22. The second-order valence-electron chi connectivity index (χ2n) is 4.21. The summed E-state index contributed by atoms with van der Waals surface area (Å²) in [6.07, 6.45) is -2.38. The summed E-state index contributed by atoms with van der Waals surface area (Å²) >= 11 is 0. The van der Waals surface area contributed by atoms with Gasteiger partial charge in [-0.15, -0.1) is 0 Å². The number of methoxy groups -OCH3 is 2. The summed E-state index contributed by atoms with van der Waals surface area (Å²) in [7, 11) is 3.03. The Balaban J connectivity index is 2.01. The van der Waals surface area contributed by atoms with Crippen LogP contribution >= 0.6 is 0 Å². The van der Waals surface area contributed by atoms with E-state index in [2.05, 4.69) is 10.1 Å². The average Bonchev–Trinajstić information content (AvgIpc) is 2.83. The lowest BCUT2D eigenvalue weighted by Gasteiger charge is -2.11. The number of hydrogen-bond acceptors (Lipinski definition) is 6. The van der Waals surface area contributed by atoms with Crippen molar-refractivity contribution in [2.45, 2.75) is 12.6 Å². The van der Waals surface area contributed by atoms with Crippen molar-refractivity contribution in [3.8, 4) is 11.5 Å². The van der Waals surface area contributed by atoms with Gasteiger partial charge < -0.3 is 19.5 Å². The molecule has 8 heteroatoms. The Labute approximate surface area is 120 Å². The van der Waals surface area contributed by atoms with Crippen LogP contribution in [0.1, 0.15) is 5.56 Å². The summed E-state index contributed by atoms with van der Waals surface area (Å²) in [5.74, 6) is -0.326. The Bertz CT molecular complexity index is 564. The predicted molar refractivity (Wildman–Crippen MR) is 69.8 cm³/mol. The van der Waals surface area contributed by atoms with Crippen LogP contribution in [0.2, 0.25) is 0 Å². The number of carbonyl (C=O) groups is 3. The van der Waals surface area contributed by atoms with Crippen LogP contribution in [0.4, 0.5) is 4.79 Å². The third-order valence-corrected chi connectivity index (χ3v) is 2.80. The normalized spacial score (nSPS) is 17.0. The number of benzene rings is 1. The van der Waals surface area contributed by atoms with E-state index in [0.29, 0.717) is 17.1 Å². The Morgan fingerprint density at radius 1 is 1.24 bits per heavy atom. The molecule has 112 valence electrons. The fourth-order valence-corrected chi connectivity index (χ4v) is 1.78. The van der Waals surface area contributed by atoms with Gasteiger partial charge in [-0.1, -0.05) is 0 Å². The highest BCUT2D eigenvalue weighted by Gasteiger charge is 2.38. The molecule has 1 atom stereocenters. The Hall–Kier alpha value is -2.77. The van der Waals surface area contributed by atoms with E-state index in [0.717, 1.165) is 0 Å². The number of imide groups is 1. The molecule has 8 nitrogen and oxygen atoms in total. The van der Waals surface area contributed by atoms with Gasteiger partial charge in [-0.25, -0.2) is 4.79 Å². The third-order valence-electron chi connectivity index (χ3n) is 2.80. The number of rotatable bonds is 5. The van der Waals surface area contributed by atoms with Gasteiger partial charge in [0.15, 0.2) is 0 Å². The quantitative estimate of drug-likeness (QED) is 0.738. The minimum Gasteiger partial charge on any atom is -0.497 e. The topological polar surface area (TPSA) is 103 Å². The zero-order valence-electron chi connectivity index (χ0n) is 11.5. The van der Waals surface area contributed by atoms with E-state index >= 15 is 0 Å². The van der Waals surface area contributed by atoms with Crippen molar-refractivity contribution >= 4 is 17.9 Å². The van der Waals surface area contributed by atoms with Gasteiger partial charge >= 0.3 is 6.09 Å². The first-order valence-corrected chi connectivity index (χ1v) is 6.04. The molecule has 21 heavy (non-hydrogen) atoms. The number of nitrogens with one attached hydrogen (secondary N) is 2. The molecule has 0 radical (unpaired) electrons. The summed E-state index contributed by atoms with van der Waals surface area (Å²) in [5.41, 5.74) is 0.712. The fraction of sp³-hybridized carbons (Fsp3) is 0.308. The van der Waals surface area contributed by atoms with Crippen molar-refractivity contribution < 1.29 is 28.6 Å². The molecule has 0 spiro atoms. The first-order valence-electron chi connectivity index (χ1n) is 6.04. The van der Waals surface area contributed by atoms with Crippen LogP contribution in [0.3, 0.4) is 0 Å². The van der Waals surface area contributed by atoms with Gasteiger partial charge in [-0.3, -0.25) is 14.9 Å². The summed E-state index contributed by atoms with van der Waals surface area (Å²) in [6.45, 7) is 0.133. The molecule has 1 aromatic rings. The maximum atomic E-state index is 11.8. The van der Waals surface area contributed by atoms with E-state index < -0.39 is 24.0 Å². The molecule has 1 aliphatic heterocycles. The maximum Gasteiger partial charge on any atom is 0.415 e. The van der Waals surface area contributed by atoms with Crippen LogP contribution in [0, 0.1) is 0 Å². The van der Waals surface area contributed by atoms with Gasteiger partial charge in [0.2, 0.25) is 0 Å². The van der Waals surface area contributed by atoms with Gasteiger partial charge in [0.05, 0.1) is 14.2 Å². The second-order valence-corrected chi connectivity index (χ2v) is 4.21. The van der Waals surface area contributed by atoms with Crippen LogP contribution in [-0.4, -0.2) is 38.2 Å². The maximum absolute atomic E-state index is 11.8. The molecule has 1 aromatic carbocycles. The van der Waals surface area contributed by atoms with Crippen molar-refractivity contribution in [3.63, 3.8) is 0 Å². The number of cyclic esters (lactones) is 1. The molecule has 0 aliphatic carbocycles. The van der Waals surface area contributed by atoms with Crippen LogP contribution in [-0.2, 0) is 20.9 Å². The molecule has 1 saturated heterocycles. The highest BCUT2D eigenvalue weighted by atomic mass is 16.6. The second kappa shape index (κ2) is 6.12. The van der Waals surface area contributed by atoms with Crippen molar-refractivity contribution in [3.05, 3.63) is 23.8 Å². The van der Waals surface area contributed by atoms with E-state index in [1.165, 1.54) is 14.2 Å². The van der Waals surface area contributed by atoms with E-state index in [4.69, 9.17) is 9.47 Å². The lowest BCUT2D eigenvalue weighted by Crippen LogP contribution is -2.39. The van der Waals surface area contributed by atoms with Crippen LogP contribution in [0.5, 0.6) is 11.5 Å². The molecular formula is C13H14N2O6. The molecule has 0 bridgehead atoms. The average molecular weight is 294 g/mol. The van der Waals surface area contributed by atoms with Gasteiger partial charge in [0, 0.05) is 12.6 Å². The number of hydrogen-bond donors (Lipinski definition) is 2. The monoisotopic (exact) mass is 294 g/mol. The molecule has 1 aliphatic rings. The minimum atomic E-state index is -1.45. The Morgan fingerprint density at radius 3 is 2.33 bits per heavy atom. The predicted octanol–water partition coefficient (Wildman–Crippen LogP) is -0.0450. The first-order chi connectivity index (χ1) is 10.0. The Morgan fingerprint density at radius 2 is 1.86 bits per heavy atom. The minimum absolute atomic E-state index is 0.133. The molecule has 0 saturated carbocycles. The van der Waals surface area contributed by atoms with Crippen LogP contribution in [0.15, 0.2) is 18.2 Å². The SMILES string of the molecule is COc1cc(CNC(=O)C2OC(=O)NC2=O)cc(OC)c1. The molecule has 2 N–H and O–H groups in total. The molecule has 2 rings (SSSR count). The van der Waals surface area contributed by atoms with Crippen LogP contribution in [0.25, 0.3) is 0 Å². The molecule has 1 unspecified atom stereocenters. The summed E-state index contributed by atoms with van der Waals surface area (Å²) in [5, 5.41) is 4.39. The first kappa shape index (κ1) is 14.6. The number of amides is 3. The van der Waals surface area contributed by atoms with E-state index in [1.54, 1.807) is 18.2 Å². The molecule has 0 aromatic heterocycles. The standard InChI is InChI=1S/C13H14N2O6/c1-19-8-3-7(4-9(5-8)20-2)6-14-11(16)10-12(17)15-13(18)21-10/h3-5,10H,6H2,1-2H3,(H,14,16)(H,15,17,18). The third kappa shape index (κ3) is 3.41. The summed E-state index contributed by atoms with van der Waals surface area (Å²) in [6, 6.07) is 5.12. The van der Waals surface area contributed by atoms with Gasteiger partial charge in [-0.05, 0) is 17.7 Å². The molecule has 1 heterocycles. The summed E-state index contributed by atoms with van der Waals surface area (Å²) < 4.78 is 14.8.